The van der Waals surface area contributed by atoms with Crippen LogP contribution in [-0.2, 0) is 26.0 Å². The van der Waals surface area contributed by atoms with E-state index in [1.54, 1.807) is 25.1 Å². The van der Waals surface area contributed by atoms with E-state index in [1.165, 1.54) is 24.8 Å². The summed E-state index contributed by atoms with van der Waals surface area (Å²) < 4.78 is 37.1. The molecular weight excluding hydrogens is 359 g/mol. The number of carbonyl (C=O) groups is 2. The Balaban J connectivity index is 2.07. The van der Waals surface area contributed by atoms with Gasteiger partial charge in [0.2, 0.25) is 11.8 Å². The van der Waals surface area contributed by atoms with E-state index < -0.39 is 38.9 Å². The maximum absolute atomic E-state index is 13.7. The summed E-state index contributed by atoms with van der Waals surface area (Å²) >= 11 is 0. The number of carbonyl (C=O) groups excluding carboxylic acids is 2. The first-order valence-corrected chi connectivity index (χ1v) is 10.4. The molecule has 6 nitrogen and oxygen atoms in total. The molecule has 8 heteroatoms. The van der Waals surface area contributed by atoms with Crippen LogP contribution in [0.3, 0.4) is 0 Å². The fourth-order valence-electron chi connectivity index (χ4n) is 3.08. The van der Waals surface area contributed by atoms with Crippen molar-refractivity contribution >= 4 is 21.7 Å². The maximum atomic E-state index is 13.7. The van der Waals surface area contributed by atoms with Crippen molar-refractivity contribution in [3.63, 3.8) is 0 Å². The van der Waals surface area contributed by atoms with Gasteiger partial charge >= 0.3 is 0 Å². The van der Waals surface area contributed by atoms with Crippen molar-refractivity contribution in [2.75, 3.05) is 18.1 Å². The van der Waals surface area contributed by atoms with Gasteiger partial charge in [-0.25, -0.2) is 12.8 Å². The monoisotopic (exact) mass is 384 g/mol. The molecule has 0 saturated carbocycles. The second-order valence-electron chi connectivity index (χ2n) is 7.05. The van der Waals surface area contributed by atoms with Gasteiger partial charge in [0, 0.05) is 24.7 Å². The van der Waals surface area contributed by atoms with Gasteiger partial charge in [-0.05, 0) is 33.3 Å². The van der Waals surface area contributed by atoms with E-state index in [9.17, 15) is 22.4 Å². The highest BCUT2D eigenvalue weighted by Gasteiger charge is 2.43. The molecule has 144 valence electrons. The third-order valence-corrected chi connectivity index (χ3v) is 6.50. The van der Waals surface area contributed by atoms with Crippen LogP contribution < -0.4 is 5.32 Å². The van der Waals surface area contributed by atoms with Crippen LogP contribution in [0.4, 0.5) is 4.39 Å². The Morgan fingerprint density at radius 1 is 1.31 bits per heavy atom. The predicted molar refractivity (Wildman–Crippen MR) is 96.5 cm³/mol. The first-order chi connectivity index (χ1) is 12.1. The zero-order chi connectivity index (χ0) is 19.5. The zero-order valence-corrected chi connectivity index (χ0v) is 16.1. The number of nitrogens with one attached hydrogen (secondary N) is 1. The van der Waals surface area contributed by atoms with Gasteiger partial charge in [-0.15, -0.1) is 0 Å². The van der Waals surface area contributed by atoms with Crippen LogP contribution in [0.25, 0.3) is 0 Å². The Bertz CT molecular complexity index is 792. The zero-order valence-electron chi connectivity index (χ0n) is 15.3. The molecule has 1 aromatic carbocycles. The fraction of sp³-hybridized carbons (Fsp3) is 0.556. The van der Waals surface area contributed by atoms with Gasteiger partial charge in [-0.3, -0.25) is 9.59 Å². The van der Waals surface area contributed by atoms with Crippen molar-refractivity contribution in [1.29, 1.82) is 0 Å². The van der Waals surface area contributed by atoms with Gasteiger partial charge < -0.3 is 10.2 Å². The fourth-order valence-corrected chi connectivity index (χ4v) is 4.81. The van der Waals surface area contributed by atoms with Crippen molar-refractivity contribution in [2.24, 2.45) is 5.41 Å². The second-order valence-corrected chi connectivity index (χ2v) is 9.28. The predicted octanol–water partition coefficient (Wildman–Crippen LogP) is 1.50. The van der Waals surface area contributed by atoms with Gasteiger partial charge in [0.25, 0.3) is 0 Å². The number of rotatable bonds is 6. The van der Waals surface area contributed by atoms with Gasteiger partial charge in [0.1, 0.15) is 11.2 Å². The highest BCUT2D eigenvalue weighted by molar-refractivity contribution is 7.91. The average molecular weight is 384 g/mol. The summed E-state index contributed by atoms with van der Waals surface area (Å²) in [6.07, 6.45) is 0.384. The van der Waals surface area contributed by atoms with E-state index in [4.69, 9.17) is 0 Å². The SMILES string of the molecule is CCN(C(=O)C(C)(C)C(=O)NCc1ccccc1F)C1CCS(=O)(=O)C1. The lowest BCUT2D eigenvalue weighted by molar-refractivity contribution is -0.149. The molecule has 0 aromatic heterocycles. The number of benzene rings is 1. The highest BCUT2D eigenvalue weighted by atomic mass is 32.2. The van der Waals surface area contributed by atoms with Crippen LogP contribution in [0.5, 0.6) is 0 Å². The van der Waals surface area contributed by atoms with Gasteiger partial charge in [0.15, 0.2) is 9.84 Å². The Morgan fingerprint density at radius 3 is 2.50 bits per heavy atom. The number of halogens is 1. The minimum Gasteiger partial charge on any atom is -0.351 e. The topological polar surface area (TPSA) is 83.6 Å². The molecule has 0 aliphatic carbocycles. The van der Waals surface area contributed by atoms with Gasteiger partial charge in [0.05, 0.1) is 11.5 Å². The van der Waals surface area contributed by atoms with Gasteiger partial charge in [-0.1, -0.05) is 18.2 Å². The molecule has 1 saturated heterocycles. The second kappa shape index (κ2) is 7.73. The molecule has 0 spiro atoms. The molecule has 0 bridgehead atoms. The Morgan fingerprint density at radius 2 is 1.96 bits per heavy atom. The average Bonchev–Trinajstić information content (AvgIpc) is 2.94. The van der Waals surface area contributed by atoms with E-state index in [-0.39, 0.29) is 18.1 Å². The molecule has 0 radical (unpaired) electrons. The minimum atomic E-state index is -3.14. The summed E-state index contributed by atoms with van der Waals surface area (Å²) in [6.45, 7) is 5.06. The van der Waals surface area contributed by atoms with Crippen LogP contribution in [0.1, 0.15) is 32.8 Å². The van der Waals surface area contributed by atoms with Crippen molar-refractivity contribution in [3.05, 3.63) is 35.6 Å². The molecule has 26 heavy (non-hydrogen) atoms. The largest absolute Gasteiger partial charge is 0.351 e. The summed E-state index contributed by atoms with van der Waals surface area (Å²) in [5, 5.41) is 2.60. The molecule has 1 fully saturated rings. The number of nitrogens with zero attached hydrogens (tertiary/aromatic N) is 1. The maximum Gasteiger partial charge on any atom is 0.237 e. The van der Waals surface area contributed by atoms with Gasteiger partial charge in [-0.2, -0.15) is 0 Å². The van der Waals surface area contributed by atoms with Crippen molar-refractivity contribution in [2.45, 2.75) is 39.8 Å². The van der Waals surface area contributed by atoms with Crippen LogP contribution >= 0.6 is 0 Å². The summed E-state index contributed by atoms with van der Waals surface area (Å²) in [7, 11) is -3.14. The molecule has 2 rings (SSSR count). The van der Waals surface area contributed by atoms with E-state index in [0.717, 1.165) is 0 Å². The summed E-state index contributed by atoms with van der Waals surface area (Å²) in [6, 6.07) is 5.68. The third kappa shape index (κ3) is 4.41. The Labute approximate surface area is 153 Å². The van der Waals surface area contributed by atoms with E-state index >= 15 is 0 Å². The smallest absolute Gasteiger partial charge is 0.237 e. The first-order valence-electron chi connectivity index (χ1n) is 8.61. The molecule has 1 aromatic rings. The van der Waals surface area contributed by atoms with Crippen molar-refractivity contribution in [1.82, 2.24) is 10.2 Å². The van der Waals surface area contributed by atoms with E-state index in [0.29, 0.717) is 18.5 Å². The lowest BCUT2D eigenvalue weighted by Crippen LogP contribution is -2.52. The Hall–Kier alpha value is -1.96. The summed E-state index contributed by atoms with van der Waals surface area (Å²) in [4.78, 5) is 26.9. The van der Waals surface area contributed by atoms with Crippen molar-refractivity contribution < 1.29 is 22.4 Å². The summed E-state index contributed by atoms with van der Waals surface area (Å²) in [5.41, 5.74) is -1.05. The number of hydrogen-bond donors (Lipinski definition) is 1. The lowest BCUT2D eigenvalue weighted by Gasteiger charge is -2.34. The first kappa shape index (κ1) is 20.4. The molecule has 1 N–H and O–H groups in total. The molecule has 1 unspecified atom stereocenters. The van der Waals surface area contributed by atoms with E-state index in [2.05, 4.69) is 5.32 Å². The van der Waals surface area contributed by atoms with E-state index in [1.807, 2.05) is 0 Å². The highest BCUT2D eigenvalue weighted by Crippen LogP contribution is 2.25. The minimum absolute atomic E-state index is 0.0217. The van der Waals surface area contributed by atoms with Crippen LogP contribution in [0.2, 0.25) is 0 Å². The van der Waals surface area contributed by atoms with Crippen LogP contribution in [0.15, 0.2) is 24.3 Å². The normalized spacial score (nSPS) is 19.2. The molecule has 1 aliphatic rings. The summed E-state index contributed by atoms with van der Waals surface area (Å²) in [5.74, 6) is -1.39. The standard InChI is InChI=1S/C18H25FN2O4S/c1-4-21(14-9-10-26(24,25)12-14)17(23)18(2,3)16(22)20-11-13-7-5-6-8-15(13)19/h5-8,14H,4,9-12H2,1-3H3,(H,20,22). The number of hydrogen-bond acceptors (Lipinski definition) is 4. The number of amides is 2. The quantitative estimate of drug-likeness (QED) is 0.754. The van der Waals surface area contributed by atoms with Crippen LogP contribution in [-0.4, -0.2) is 49.2 Å². The molecule has 1 heterocycles. The third-order valence-electron chi connectivity index (χ3n) is 4.75. The van der Waals surface area contributed by atoms with Crippen molar-refractivity contribution in [3.8, 4) is 0 Å². The van der Waals surface area contributed by atoms with Crippen LogP contribution in [0, 0.1) is 11.2 Å². The lowest BCUT2D eigenvalue weighted by atomic mass is 9.89. The molecule has 1 aliphatic heterocycles. The Kier molecular flexibility index (Phi) is 6.05. The molecule has 1 atom stereocenters. The number of sulfone groups is 1. The molecular formula is C18H25FN2O4S. The molecule has 2 amide bonds.